The number of nitrogens with zero attached hydrogens (tertiary/aromatic N) is 1. The monoisotopic (exact) mass is 778 g/mol. The van der Waals surface area contributed by atoms with Gasteiger partial charge in [-0.3, -0.25) is 0 Å². The van der Waals surface area contributed by atoms with Crippen LogP contribution in [0.15, 0.2) is 0 Å². The van der Waals surface area contributed by atoms with Crippen LogP contribution in [-0.2, 0) is 10.1 Å². The van der Waals surface area contributed by atoms with Gasteiger partial charge >= 0.3 is 11.4 Å². The zero-order valence-corrected chi connectivity index (χ0v) is 35.2. The summed E-state index contributed by atoms with van der Waals surface area (Å²) < 4.78 is 85.0. The SMILES string of the molecule is CCCCCCCCCCCCCCCCCC[N+](CC)(CC)CCCCCCCCCCCCCCCCCC.O=S(=O)([O-])C(F)(F)C(F)(F)F. The number of hydrogen-bond acceptors (Lipinski definition) is 3. The summed E-state index contributed by atoms with van der Waals surface area (Å²) in [5.41, 5.74) is 0. The largest absolute Gasteiger partial charge is 0.743 e. The van der Waals surface area contributed by atoms with E-state index >= 15 is 0 Å². The minimum Gasteiger partial charge on any atom is -0.743 e. The smallest absolute Gasteiger partial charge is 0.468 e. The minimum atomic E-state index is -6.67. The van der Waals surface area contributed by atoms with Crippen molar-refractivity contribution >= 4 is 10.1 Å². The van der Waals surface area contributed by atoms with E-state index in [0.717, 1.165) is 0 Å². The van der Waals surface area contributed by atoms with Gasteiger partial charge in [0.1, 0.15) is 0 Å². The lowest BCUT2D eigenvalue weighted by molar-refractivity contribution is -0.925. The third-order valence-corrected chi connectivity index (χ3v) is 11.8. The number of hydrogen-bond donors (Lipinski definition) is 0. The molecule has 0 rings (SSSR count). The molecule has 0 aliphatic heterocycles. The molecule has 316 valence electrons. The van der Waals surface area contributed by atoms with Gasteiger partial charge in [0.05, 0.1) is 26.2 Å². The lowest BCUT2D eigenvalue weighted by Crippen LogP contribution is -2.49. The molecule has 4 nitrogen and oxygen atoms in total. The summed E-state index contributed by atoms with van der Waals surface area (Å²) in [6.07, 6.45) is 40.7. The molecule has 0 heterocycles. The Labute approximate surface area is 319 Å². The molecule has 0 amide bonds. The Kier molecular flexibility index (Phi) is 36.1. The van der Waals surface area contributed by atoms with Gasteiger partial charge in [-0.1, -0.05) is 194 Å². The molecule has 0 saturated heterocycles. The summed E-state index contributed by atoms with van der Waals surface area (Å²) in [6, 6.07) is 0. The molecule has 0 radical (unpaired) electrons. The highest BCUT2D eigenvalue weighted by Gasteiger charge is 2.63. The second-order valence-corrected chi connectivity index (χ2v) is 16.9. The summed E-state index contributed by atoms with van der Waals surface area (Å²) in [6.45, 7) is 15.1. The minimum absolute atomic E-state index is 1.34. The molecule has 0 aliphatic rings. The Morgan fingerprint density at radius 3 is 0.712 bits per heavy atom. The van der Waals surface area contributed by atoms with Crippen molar-refractivity contribution in [1.29, 1.82) is 0 Å². The first-order valence-electron chi connectivity index (χ1n) is 22.0. The highest BCUT2D eigenvalue weighted by atomic mass is 32.2. The van der Waals surface area contributed by atoms with Crippen LogP contribution >= 0.6 is 0 Å². The van der Waals surface area contributed by atoms with Gasteiger partial charge in [-0.25, -0.2) is 8.42 Å². The van der Waals surface area contributed by atoms with Crippen molar-refractivity contribution in [2.75, 3.05) is 26.2 Å². The van der Waals surface area contributed by atoms with Crippen LogP contribution in [-0.4, -0.2) is 55.1 Å². The molecule has 0 aromatic carbocycles. The van der Waals surface area contributed by atoms with Crippen LogP contribution in [0.4, 0.5) is 22.0 Å². The van der Waals surface area contributed by atoms with Crippen molar-refractivity contribution in [3.63, 3.8) is 0 Å². The van der Waals surface area contributed by atoms with Crippen LogP contribution in [0.3, 0.4) is 0 Å². The molecule has 0 bridgehead atoms. The van der Waals surface area contributed by atoms with Crippen LogP contribution in [0.25, 0.3) is 0 Å². The van der Waals surface area contributed by atoms with Gasteiger partial charge in [-0.2, -0.15) is 22.0 Å². The molecule has 0 fully saturated rings. The van der Waals surface area contributed by atoms with E-state index < -0.39 is 21.5 Å². The van der Waals surface area contributed by atoms with E-state index in [2.05, 4.69) is 27.7 Å². The van der Waals surface area contributed by atoms with E-state index in [4.69, 9.17) is 0 Å². The fraction of sp³-hybridized carbons (Fsp3) is 1.00. The summed E-state index contributed by atoms with van der Waals surface area (Å²) in [5.74, 6) is 0. The molecule has 0 spiro atoms. The van der Waals surface area contributed by atoms with Crippen molar-refractivity contribution in [2.45, 2.75) is 245 Å². The standard InChI is InChI=1S/C40H84N.C2HF5O3S/c1-5-9-11-13-15-17-19-21-23-25-27-29-31-33-35-37-39-41(7-3,8-4)40-38-36-34-32-30-28-26-24-22-20-18-16-14-12-10-6-2;3-1(4,5)2(6,7)11(8,9)10/h5-40H2,1-4H3;(H,8,9,10)/q+1;/p-1. The summed E-state index contributed by atoms with van der Waals surface area (Å²) in [7, 11) is -6.67. The highest BCUT2D eigenvalue weighted by molar-refractivity contribution is 7.86. The average molecular weight is 778 g/mol. The molecule has 0 unspecified atom stereocenters. The van der Waals surface area contributed by atoms with Crippen molar-refractivity contribution < 1.29 is 39.4 Å². The maximum Gasteiger partial charge on any atom is 0.468 e. The quantitative estimate of drug-likeness (QED) is 0.0273. The number of unbranched alkanes of at least 4 members (excludes halogenated alkanes) is 30. The van der Waals surface area contributed by atoms with Gasteiger partial charge in [0.25, 0.3) is 0 Å². The predicted octanol–water partition coefficient (Wildman–Crippen LogP) is 15.1. The Bertz CT molecular complexity index is 813. The van der Waals surface area contributed by atoms with E-state index in [1.165, 1.54) is 236 Å². The van der Waals surface area contributed by atoms with Crippen LogP contribution in [0.5, 0.6) is 0 Å². The molecule has 0 aromatic rings. The fourth-order valence-corrected chi connectivity index (χ4v) is 7.38. The molecule has 0 N–H and O–H groups in total. The van der Waals surface area contributed by atoms with Crippen LogP contribution in [0, 0.1) is 0 Å². The summed E-state index contributed by atoms with van der Waals surface area (Å²) in [5, 5.41) is -6.21. The maximum absolute atomic E-state index is 11.4. The third-order valence-electron chi connectivity index (χ3n) is 11.0. The number of halogens is 5. The van der Waals surface area contributed by atoms with Crippen LogP contribution in [0.1, 0.15) is 233 Å². The first kappa shape index (κ1) is 53.6. The zero-order chi connectivity index (χ0) is 39.5. The normalized spacial score (nSPS) is 12.7. The Morgan fingerprint density at radius 1 is 0.385 bits per heavy atom. The van der Waals surface area contributed by atoms with Crippen molar-refractivity contribution in [2.24, 2.45) is 0 Å². The van der Waals surface area contributed by atoms with E-state index in [1.807, 2.05) is 0 Å². The summed E-state index contributed by atoms with van der Waals surface area (Å²) in [4.78, 5) is 0. The first-order chi connectivity index (χ1) is 24.7. The van der Waals surface area contributed by atoms with Gasteiger partial charge in [0, 0.05) is 0 Å². The second kappa shape index (κ2) is 35.0. The Balaban J connectivity index is 0. The first-order valence-corrected chi connectivity index (χ1v) is 23.4. The van der Waals surface area contributed by atoms with Gasteiger partial charge < -0.3 is 9.04 Å². The molecular weight excluding hydrogens is 694 g/mol. The van der Waals surface area contributed by atoms with E-state index in [0.29, 0.717) is 0 Å². The molecule has 0 saturated carbocycles. The number of alkyl halides is 5. The number of quaternary nitrogens is 1. The maximum atomic E-state index is 11.4. The fourth-order valence-electron chi connectivity index (χ4n) is 7.10. The third kappa shape index (κ3) is 30.8. The lowest BCUT2D eigenvalue weighted by Gasteiger charge is -2.37. The van der Waals surface area contributed by atoms with Crippen molar-refractivity contribution in [3.8, 4) is 0 Å². The molecule has 0 atom stereocenters. The van der Waals surface area contributed by atoms with E-state index in [9.17, 15) is 34.9 Å². The Morgan fingerprint density at radius 2 is 0.577 bits per heavy atom. The molecule has 0 aromatic heterocycles. The molecule has 52 heavy (non-hydrogen) atoms. The van der Waals surface area contributed by atoms with Gasteiger partial charge in [0.2, 0.25) is 0 Å². The van der Waals surface area contributed by atoms with E-state index in [1.54, 1.807) is 0 Å². The zero-order valence-electron chi connectivity index (χ0n) is 34.4. The topological polar surface area (TPSA) is 57.2 Å². The van der Waals surface area contributed by atoms with E-state index in [-0.39, 0.29) is 0 Å². The van der Waals surface area contributed by atoms with Gasteiger partial charge in [0.15, 0.2) is 10.1 Å². The van der Waals surface area contributed by atoms with Crippen LogP contribution < -0.4 is 0 Å². The molecule has 0 aliphatic carbocycles. The second-order valence-electron chi connectivity index (χ2n) is 15.5. The Hall–Kier alpha value is -0.480. The van der Waals surface area contributed by atoms with Gasteiger partial charge in [-0.15, -0.1) is 0 Å². The molecular formula is C42H84F5NO3S. The lowest BCUT2D eigenvalue weighted by atomic mass is 10.0. The van der Waals surface area contributed by atoms with Crippen LogP contribution in [0.2, 0.25) is 0 Å². The van der Waals surface area contributed by atoms with Gasteiger partial charge in [-0.05, 0) is 39.5 Å². The predicted molar refractivity (Wildman–Crippen MR) is 211 cm³/mol. The molecule has 10 heteroatoms. The number of rotatable bonds is 37. The van der Waals surface area contributed by atoms with Crippen molar-refractivity contribution in [3.05, 3.63) is 0 Å². The van der Waals surface area contributed by atoms with Crippen molar-refractivity contribution in [1.82, 2.24) is 0 Å². The highest BCUT2D eigenvalue weighted by Crippen LogP contribution is 2.38. The summed E-state index contributed by atoms with van der Waals surface area (Å²) >= 11 is 0. The average Bonchev–Trinajstić information content (AvgIpc) is 3.09.